The lowest BCUT2D eigenvalue weighted by Gasteiger charge is -2.16. The number of rotatable bonds is 5. The second-order valence-electron chi connectivity index (χ2n) is 7.06. The number of pyridine rings is 2. The molecule has 0 N–H and O–H groups in total. The van der Waals surface area contributed by atoms with E-state index in [1.54, 1.807) is 24.5 Å². The normalized spacial score (nSPS) is 11.1. The van der Waals surface area contributed by atoms with Crippen LogP contribution in [0.1, 0.15) is 16.1 Å². The summed E-state index contributed by atoms with van der Waals surface area (Å²) in [6.07, 6.45) is 4.64. The van der Waals surface area contributed by atoms with E-state index in [0.29, 0.717) is 22.0 Å². The maximum absolute atomic E-state index is 13.5. The minimum atomic E-state index is -0.613. The monoisotopic (exact) mass is 428 g/mol. The van der Waals surface area contributed by atoms with Crippen molar-refractivity contribution < 1.29 is 18.7 Å². The predicted octanol–water partition coefficient (Wildman–Crippen LogP) is 4.45. The van der Waals surface area contributed by atoms with Gasteiger partial charge in [0.2, 0.25) is 0 Å². The molecule has 0 atom stereocenters. The molecule has 0 radical (unpaired) electrons. The Kier molecular flexibility index (Phi) is 4.95. The molecule has 0 amide bonds. The minimum Gasteiger partial charge on any atom is -0.486 e. The molecule has 0 aliphatic rings. The van der Waals surface area contributed by atoms with Crippen LogP contribution < -0.4 is 4.74 Å². The molecular weight excluding hydrogens is 411 g/mol. The summed E-state index contributed by atoms with van der Waals surface area (Å²) in [5.41, 5.74) is 2.93. The van der Waals surface area contributed by atoms with Crippen LogP contribution in [0.3, 0.4) is 0 Å². The first-order valence-electron chi connectivity index (χ1n) is 9.81. The molecule has 158 valence electrons. The maximum Gasteiger partial charge on any atom is 0.360 e. The molecule has 7 nitrogen and oxygen atoms in total. The Balaban J connectivity index is 1.79. The number of carbonyl (C=O) groups is 1. The van der Waals surface area contributed by atoms with E-state index in [1.165, 1.54) is 30.1 Å². The predicted molar refractivity (Wildman–Crippen MR) is 116 cm³/mol. The lowest BCUT2D eigenvalue weighted by molar-refractivity contribution is 0.0585. The minimum absolute atomic E-state index is 0.112. The number of carbonyl (C=O) groups excluding carboxylic acids is 1. The van der Waals surface area contributed by atoms with Gasteiger partial charge in [-0.25, -0.2) is 18.7 Å². The van der Waals surface area contributed by atoms with E-state index in [9.17, 15) is 9.18 Å². The van der Waals surface area contributed by atoms with Crippen molar-refractivity contribution in [2.75, 3.05) is 7.11 Å². The largest absolute Gasteiger partial charge is 0.486 e. The number of nitrogens with zero attached hydrogens (tertiary/aromatic N) is 4. The number of methoxy groups -OCH3 is 1. The summed E-state index contributed by atoms with van der Waals surface area (Å²) in [5, 5.41) is 5.50. The third kappa shape index (κ3) is 3.31. The van der Waals surface area contributed by atoms with Crippen LogP contribution in [0.2, 0.25) is 0 Å². The van der Waals surface area contributed by atoms with Gasteiger partial charge in [-0.15, -0.1) is 0 Å². The Bertz CT molecular complexity index is 1430. The number of ether oxygens (including phenoxy) is 2. The Hall–Kier alpha value is -4.33. The number of esters is 1. The van der Waals surface area contributed by atoms with Crippen molar-refractivity contribution in [3.05, 3.63) is 90.4 Å². The number of hydrogen-bond acceptors (Lipinski definition) is 6. The fraction of sp³-hybridized carbons (Fsp3) is 0.0833. The molecule has 8 heteroatoms. The van der Waals surface area contributed by atoms with Crippen molar-refractivity contribution in [1.29, 1.82) is 0 Å². The molecule has 5 aromatic rings. The summed E-state index contributed by atoms with van der Waals surface area (Å²) in [7, 11) is 1.30. The first kappa shape index (κ1) is 19.6. The first-order valence-corrected chi connectivity index (χ1v) is 9.81. The third-order valence-corrected chi connectivity index (χ3v) is 5.15. The van der Waals surface area contributed by atoms with Gasteiger partial charge in [0.25, 0.3) is 0 Å². The lowest BCUT2D eigenvalue weighted by atomic mass is 10.0. The van der Waals surface area contributed by atoms with Crippen LogP contribution in [0, 0.1) is 5.82 Å². The number of halogens is 1. The molecule has 2 aromatic carbocycles. The van der Waals surface area contributed by atoms with E-state index < -0.39 is 5.97 Å². The summed E-state index contributed by atoms with van der Waals surface area (Å²) in [6, 6.07) is 15.7. The van der Waals surface area contributed by atoms with E-state index >= 15 is 0 Å². The van der Waals surface area contributed by atoms with Crippen molar-refractivity contribution >= 4 is 22.4 Å². The molecule has 0 fully saturated rings. The van der Waals surface area contributed by atoms with Crippen molar-refractivity contribution in [3.8, 4) is 16.9 Å². The highest BCUT2D eigenvalue weighted by molar-refractivity contribution is 6.10. The average Bonchev–Trinajstić information content (AvgIpc) is 3.32. The van der Waals surface area contributed by atoms with Crippen LogP contribution in [0.4, 0.5) is 4.39 Å². The zero-order valence-corrected chi connectivity index (χ0v) is 17.0. The van der Waals surface area contributed by atoms with Crippen LogP contribution in [0.5, 0.6) is 5.75 Å². The highest BCUT2D eigenvalue weighted by atomic mass is 19.1. The molecule has 5 rings (SSSR count). The zero-order valence-electron chi connectivity index (χ0n) is 17.0. The highest BCUT2D eigenvalue weighted by Gasteiger charge is 2.26. The van der Waals surface area contributed by atoms with Gasteiger partial charge in [-0.05, 0) is 23.3 Å². The Morgan fingerprint density at radius 3 is 2.59 bits per heavy atom. The number of benzene rings is 2. The van der Waals surface area contributed by atoms with Gasteiger partial charge < -0.3 is 9.47 Å². The van der Waals surface area contributed by atoms with Gasteiger partial charge in [-0.2, -0.15) is 5.10 Å². The summed E-state index contributed by atoms with van der Waals surface area (Å²) in [4.78, 5) is 21.5. The van der Waals surface area contributed by atoms with E-state index in [4.69, 9.17) is 9.47 Å². The fourth-order valence-corrected chi connectivity index (χ4v) is 3.67. The topological polar surface area (TPSA) is 78.6 Å². The summed E-state index contributed by atoms with van der Waals surface area (Å²) in [5.74, 6) is -0.669. The van der Waals surface area contributed by atoms with E-state index in [-0.39, 0.29) is 23.9 Å². The standard InChI is InChI=1S/C24H17FN4O3/c1-31-24(30)21-22(32-13-15-5-3-2-4-6-15)19-12-26-11-18(16-7-9-17(25)10-8-16)20(19)23-27-14-28-29(21)23/h2-12,14H,13H2,1H3. The zero-order chi connectivity index (χ0) is 22.1. The summed E-state index contributed by atoms with van der Waals surface area (Å²) in [6.45, 7) is 0.223. The van der Waals surface area contributed by atoms with Gasteiger partial charge in [-0.1, -0.05) is 42.5 Å². The molecule has 32 heavy (non-hydrogen) atoms. The molecular formula is C24H17FN4O3. The van der Waals surface area contributed by atoms with E-state index in [0.717, 1.165) is 11.1 Å². The third-order valence-electron chi connectivity index (χ3n) is 5.15. The molecule has 0 saturated heterocycles. The van der Waals surface area contributed by atoms with Crippen molar-refractivity contribution in [3.63, 3.8) is 0 Å². The molecule has 0 bridgehead atoms. The van der Waals surface area contributed by atoms with Crippen LogP contribution >= 0.6 is 0 Å². The molecule has 0 spiro atoms. The van der Waals surface area contributed by atoms with E-state index in [2.05, 4.69) is 15.1 Å². The number of aromatic nitrogens is 4. The molecule has 0 unspecified atom stereocenters. The molecule has 3 heterocycles. The SMILES string of the molecule is COC(=O)c1c(OCc2ccccc2)c2cncc(-c3ccc(F)cc3)c2c2ncnn12. The molecule has 3 aromatic heterocycles. The smallest absolute Gasteiger partial charge is 0.360 e. The first-order chi connectivity index (χ1) is 15.7. The second-order valence-corrected chi connectivity index (χ2v) is 7.06. The number of fused-ring (bicyclic) bond motifs is 3. The van der Waals surface area contributed by atoms with Gasteiger partial charge in [0.1, 0.15) is 18.8 Å². The Morgan fingerprint density at radius 1 is 1.06 bits per heavy atom. The van der Waals surface area contributed by atoms with Gasteiger partial charge >= 0.3 is 5.97 Å². The van der Waals surface area contributed by atoms with Gasteiger partial charge in [0.05, 0.1) is 7.11 Å². The second kappa shape index (κ2) is 8.07. The summed E-state index contributed by atoms with van der Waals surface area (Å²) >= 11 is 0. The van der Waals surface area contributed by atoms with Crippen LogP contribution in [-0.4, -0.2) is 32.7 Å². The van der Waals surface area contributed by atoms with Gasteiger partial charge in [-0.3, -0.25) is 4.98 Å². The van der Waals surface area contributed by atoms with Crippen molar-refractivity contribution in [2.45, 2.75) is 6.61 Å². The van der Waals surface area contributed by atoms with Crippen molar-refractivity contribution in [2.24, 2.45) is 0 Å². The van der Waals surface area contributed by atoms with Gasteiger partial charge in [0.15, 0.2) is 17.1 Å². The Labute approximate surface area is 182 Å². The van der Waals surface area contributed by atoms with E-state index in [1.807, 2.05) is 30.3 Å². The molecule has 0 aliphatic heterocycles. The maximum atomic E-state index is 13.5. The average molecular weight is 428 g/mol. The lowest BCUT2D eigenvalue weighted by Crippen LogP contribution is -2.13. The molecule has 0 aliphatic carbocycles. The highest BCUT2D eigenvalue weighted by Crippen LogP contribution is 2.38. The quantitative estimate of drug-likeness (QED) is 0.385. The fourth-order valence-electron chi connectivity index (χ4n) is 3.67. The molecule has 0 saturated carbocycles. The summed E-state index contributed by atoms with van der Waals surface area (Å²) < 4.78 is 26.1. The van der Waals surface area contributed by atoms with Crippen molar-refractivity contribution in [1.82, 2.24) is 19.6 Å². The van der Waals surface area contributed by atoms with Crippen LogP contribution in [-0.2, 0) is 11.3 Å². The van der Waals surface area contributed by atoms with Crippen LogP contribution in [0.25, 0.3) is 27.5 Å². The van der Waals surface area contributed by atoms with Crippen LogP contribution in [0.15, 0.2) is 73.3 Å². The Morgan fingerprint density at radius 2 is 1.84 bits per heavy atom. The van der Waals surface area contributed by atoms with Gasteiger partial charge in [0, 0.05) is 28.7 Å². The number of hydrogen-bond donors (Lipinski definition) is 0.